The van der Waals surface area contributed by atoms with Crippen molar-refractivity contribution >= 4 is 17.6 Å². The quantitative estimate of drug-likeness (QED) is 0.670. The fourth-order valence-corrected chi connectivity index (χ4v) is 1.40. The summed E-state index contributed by atoms with van der Waals surface area (Å²) in [5.41, 5.74) is -1.23. The number of hydrogen-bond donors (Lipinski definition) is 1. The van der Waals surface area contributed by atoms with Crippen LogP contribution in [-0.2, 0) is 14.3 Å². The van der Waals surface area contributed by atoms with Crippen LogP contribution in [0.1, 0.15) is 13.8 Å². The first-order valence-electron chi connectivity index (χ1n) is 5.56. The normalized spacial score (nSPS) is 10.8. The Balaban J connectivity index is 3.00. The maximum Gasteiger partial charge on any atom is 0.320 e. The number of carbonyl (C=O) groups excluding carboxylic acids is 2. The minimum Gasteiger partial charge on any atom is -0.495 e. The van der Waals surface area contributed by atoms with Crippen molar-refractivity contribution in [3.8, 4) is 5.75 Å². The molecule has 19 heavy (non-hydrogen) atoms. The van der Waals surface area contributed by atoms with Gasteiger partial charge in [-0.1, -0.05) is 0 Å². The largest absolute Gasteiger partial charge is 0.495 e. The second-order valence-corrected chi connectivity index (χ2v) is 4.42. The fraction of sp³-hybridized carbons (Fsp3) is 0.385. The van der Waals surface area contributed by atoms with Crippen LogP contribution in [0.4, 0.5) is 10.1 Å². The van der Waals surface area contributed by atoms with Gasteiger partial charge in [0.15, 0.2) is 0 Å². The predicted molar refractivity (Wildman–Crippen MR) is 67.4 cm³/mol. The van der Waals surface area contributed by atoms with Crippen LogP contribution >= 0.6 is 0 Å². The van der Waals surface area contributed by atoms with E-state index in [9.17, 15) is 14.0 Å². The molecule has 0 saturated carbocycles. The number of nitrogens with one attached hydrogen (secondary N) is 1. The molecule has 0 atom stereocenters. The van der Waals surface area contributed by atoms with Crippen LogP contribution in [0.3, 0.4) is 0 Å². The number of benzene rings is 1. The van der Waals surface area contributed by atoms with Crippen molar-refractivity contribution in [2.24, 2.45) is 5.41 Å². The van der Waals surface area contributed by atoms with Gasteiger partial charge in [0.25, 0.3) is 0 Å². The average Bonchev–Trinajstić information content (AvgIpc) is 2.37. The Bertz CT molecular complexity index is 499. The molecule has 0 radical (unpaired) electrons. The van der Waals surface area contributed by atoms with E-state index in [4.69, 9.17) is 4.74 Å². The predicted octanol–water partition coefficient (Wildman–Crippen LogP) is 1.97. The summed E-state index contributed by atoms with van der Waals surface area (Å²) in [7, 11) is 2.59. The number of hydrogen-bond acceptors (Lipinski definition) is 4. The van der Waals surface area contributed by atoms with E-state index < -0.39 is 23.1 Å². The molecule has 1 amide bonds. The molecule has 0 fully saturated rings. The third kappa shape index (κ3) is 3.21. The summed E-state index contributed by atoms with van der Waals surface area (Å²) in [6.07, 6.45) is 0. The molecule has 0 aromatic heterocycles. The summed E-state index contributed by atoms with van der Waals surface area (Å²) in [5, 5.41) is 2.45. The first kappa shape index (κ1) is 14.9. The van der Waals surface area contributed by atoms with Crippen LogP contribution in [0.25, 0.3) is 0 Å². The molecule has 0 unspecified atom stereocenters. The van der Waals surface area contributed by atoms with Crippen LogP contribution < -0.4 is 10.1 Å². The van der Waals surface area contributed by atoms with Crippen LogP contribution in [-0.4, -0.2) is 26.1 Å². The van der Waals surface area contributed by atoms with Crippen molar-refractivity contribution in [1.29, 1.82) is 0 Å². The Morgan fingerprint density at radius 2 is 1.89 bits per heavy atom. The lowest BCUT2D eigenvalue weighted by molar-refractivity contribution is -0.154. The molecule has 0 aliphatic carbocycles. The molecule has 0 bridgehead atoms. The minimum atomic E-state index is -1.38. The highest BCUT2D eigenvalue weighted by atomic mass is 19.1. The lowest BCUT2D eigenvalue weighted by atomic mass is 9.92. The van der Waals surface area contributed by atoms with Gasteiger partial charge in [0.1, 0.15) is 17.0 Å². The smallest absolute Gasteiger partial charge is 0.320 e. The molecule has 6 heteroatoms. The van der Waals surface area contributed by atoms with E-state index in [0.29, 0.717) is 5.75 Å². The number of ether oxygens (including phenoxy) is 2. The highest BCUT2D eigenvalue weighted by Gasteiger charge is 2.37. The van der Waals surface area contributed by atoms with E-state index in [1.807, 2.05) is 0 Å². The molecule has 5 nitrogen and oxygen atoms in total. The lowest BCUT2D eigenvalue weighted by Crippen LogP contribution is -2.38. The molecular weight excluding hydrogens is 253 g/mol. The van der Waals surface area contributed by atoms with Gasteiger partial charge in [-0.2, -0.15) is 0 Å². The Morgan fingerprint density at radius 3 is 2.42 bits per heavy atom. The van der Waals surface area contributed by atoms with Gasteiger partial charge in [-0.25, -0.2) is 4.39 Å². The molecule has 0 heterocycles. The summed E-state index contributed by atoms with van der Waals surface area (Å²) < 4.78 is 22.7. The van der Waals surface area contributed by atoms with E-state index in [-0.39, 0.29) is 5.69 Å². The van der Waals surface area contributed by atoms with Crippen LogP contribution in [0.5, 0.6) is 5.75 Å². The van der Waals surface area contributed by atoms with Crippen molar-refractivity contribution in [3.63, 3.8) is 0 Å². The van der Waals surface area contributed by atoms with E-state index >= 15 is 0 Å². The molecule has 0 aliphatic rings. The van der Waals surface area contributed by atoms with Crippen LogP contribution in [0.2, 0.25) is 0 Å². The third-order valence-corrected chi connectivity index (χ3v) is 2.67. The standard InChI is InChI=1S/C13H16FNO4/c1-13(2,12(17)19-4)11(16)15-9-7-8(14)5-6-10(9)18-3/h5-7H,1-4H3,(H,15,16). The summed E-state index contributed by atoms with van der Waals surface area (Å²) in [5.74, 6) is -1.51. The zero-order valence-corrected chi connectivity index (χ0v) is 11.2. The number of amides is 1. The number of halogens is 1. The molecule has 1 aromatic rings. The van der Waals surface area contributed by atoms with Gasteiger partial charge >= 0.3 is 5.97 Å². The maximum absolute atomic E-state index is 13.2. The van der Waals surface area contributed by atoms with E-state index in [1.165, 1.54) is 40.2 Å². The van der Waals surface area contributed by atoms with Gasteiger partial charge in [0.05, 0.1) is 19.9 Å². The first-order valence-corrected chi connectivity index (χ1v) is 5.56. The van der Waals surface area contributed by atoms with Crippen molar-refractivity contribution < 1.29 is 23.5 Å². The van der Waals surface area contributed by atoms with Crippen LogP contribution in [0, 0.1) is 11.2 Å². The number of methoxy groups -OCH3 is 2. The van der Waals surface area contributed by atoms with Gasteiger partial charge < -0.3 is 14.8 Å². The summed E-state index contributed by atoms with van der Waals surface area (Å²) >= 11 is 0. The highest BCUT2D eigenvalue weighted by Crippen LogP contribution is 2.27. The zero-order chi connectivity index (χ0) is 14.6. The van der Waals surface area contributed by atoms with E-state index in [0.717, 1.165) is 6.07 Å². The first-order chi connectivity index (χ1) is 8.82. The molecule has 1 rings (SSSR count). The Morgan fingerprint density at radius 1 is 1.26 bits per heavy atom. The average molecular weight is 269 g/mol. The van der Waals surface area contributed by atoms with Crippen molar-refractivity contribution in [2.75, 3.05) is 19.5 Å². The van der Waals surface area contributed by atoms with E-state index in [1.54, 1.807) is 0 Å². The maximum atomic E-state index is 13.2. The van der Waals surface area contributed by atoms with Gasteiger partial charge in [-0.05, 0) is 26.0 Å². The van der Waals surface area contributed by atoms with Crippen molar-refractivity contribution in [3.05, 3.63) is 24.0 Å². The second-order valence-electron chi connectivity index (χ2n) is 4.42. The zero-order valence-electron chi connectivity index (χ0n) is 11.2. The Kier molecular flexibility index (Phi) is 4.47. The van der Waals surface area contributed by atoms with Crippen molar-refractivity contribution in [1.82, 2.24) is 0 Å². The topological polar surface area (TPSA) is 64.6 Å². The number of esters is 1. The van der Waals surface area contributed by atoms with Crippen LogP contribution in [0.15, 0.2) is 18.2 Å². The molecule has 0 aliphatic heterocycles. The number of carbonyl (C=O) groups is 2. The molecular formula is C13H16FNO4. The highest BCUT2D eigenvalue weighted by molar-refractivity contribution is 6.08. The van der Waals surface area contributed by atoms with Gasteiger partial charge in [-0.15, -0.1) is 0 Å². The fourth-order valence-electron chi connectivity index (χ4n) is 1.40. The Labute approximate surface area is 110 Å². The minimum absolute atomic E-state index is 0.157. The SMILES string of the molecule is COC(=O)C(C)(C)C(=O)Nc1cc(F)ccc1OC. The third-order valence-electron chi connectivity index (χ3n) is 2.67. The monoisotopic (exact) mass is 269 g/mol. The summed E-state index contributed by atoms with van der Waals surface area (Å²) in [4.78, 5) is 23.5. The molecule has 1 N–H and O–H groups in total. The Hall–Kier alpha value is -2.11. The van der Waals surface area contributed by atoms with Gasteiger partial charge in [0, 0.05) is 6.07 Å². The van der Waals surface area contributed by atoms with Crippen molar-refractivity contribution in [2.45, 2.75) is 13.8 Å². The second kappa shape index (κ2) is 5.69. The summed E-state index contributed by atoms with van der Waals surface area (Å²) in [6.45, 7) is 2.83. The lowest BCUT2D eigenvalue weighted by Gasteiger charge is -2.21. The molecule has 1 aromatic carbocycles. The van der Waals surface area contributed by atoms with Gasteiger partial charge in [0.2, 0.25) is 5.91 Å². The number of anilines is 1. The molecule has 104 valence electrons. The van der Waals surface area contributed by atoms with Gasteiger partial charge in [-0.3, -0.25) is 9.59 Å². The molecule has 0 saturated heterocycles. The summed E-state index contributed by atoms with van der Waals surface area (Å²) in [6, 6.07) is 3.71. The molecule has 0 spiro atoms. The van der Waals surface area contributed by atoms with E-state index in [2.05, 4.69) is 10.1 Å². The number of rotatable bonds is 4.